The first kappa shape index (κ1) is 15.9. The predicted octanol–water partition coefficient (Wildman–Crippen LogP) is 0.931. The number of anilines is 1. The lowest BCUT2D eigenvalue weighted by Crippen LogP contribution is -2.32. The van der Waals surface area contributed by atoms with E-state index in [-0.39, 0.29) is 23.6 Å². The van der Waals surface area contributed by atoms with E-state index >= 15 is 0 Å². The zero-order chi connectivity index (χ0) is 15.5. The number of amides is 1. The maximum atomic E-state index is 12.1. The molecule has 1 amide bonds. The Labute approximate surface area is 124 Å². The van der Waals surface area contributed by atoms with Gasteiger partial charge in [-0.05, 0) is 43.4 Å². The Balaban J connectivity index is 1.92. The molecule has 0 bridgehead atoms. The van der Waals surface area contributed by atoms with E-state index in [9.17, 15) is 13.2 Å². The number of hydrogen-bond donors (Lipinski definition) is 3. The summed E-state index contributed by atoms with van der Waals surface area (Å²) in [6, 6.07) is 6.89. The molecule has 6 nitrogen and oxygen atoms in total. The molecule has 5 N–H and O–H groups in total. The number of sulfonamides is 1. The average molecular weight is 311 g/mol. The van der Waals surface area contributed by atoms with Crippen molar-refractivity contribution in [3.05, 3.63) is 29.8 Å². The van der Waals surface area contributed by atoms with Crippen LogP contribution in [0, 0.1) is 5.92 Å². The number of nitrogens with two attached hydrogens (primary N) is 2. The zero-order valence-electron chi connectivity index (χ0n) is 11.8. The van der Waals surface area contributed by atoms with Crippen LogP contribution in [0.15, 0.2) is 24.3 Å². The van der Waals surface area contributed by atoms with Gasteiger partial charge in [-0.25, -0.2) is 13.6 Å². The van der Waals surface area contributed by atoms with Crippen molar-refractivity contribution in [3.8, 4) is 0 Å². The van der Waals surface area contributed by atoms with E-state index in [2.05, 4.69) is 5.32 Å². The molecule has 1 aliphatic rings. The number of primary sulfonamides is 1. The first-order valence-corrected chi connectivity index (χ1v) is 8.71. The van der Waals surface area contributed by atoms with Crippen LogP contribution in [0.4, 0.5) is 5.69 Å². The Kier molecular flexibility index (Phi) is 4.97. The van der Waals surface area contributed by atoms with Crippen LogP contribution < -0.4 is 16.2 Å². The quantitative estimate of drug-likeness (QED) is 0.767. The van der Waals surface area contributed by atoms with Gasteiger partial charge in [-0.15, -0.1) is 0 Å². The lowest BCUT2D eigenvalue weighted by Gasteiger charge is -2.25. The third-order valence-corrected chi connectivity index (χ3v) is 4.47. The van der Waals surface area contributed by atoms with Gasteiger partial charge in [0.2, 0.25) is 15.9 Å². The van der Waals surface area contributed by atoms with Gasteiger partial charge in [-0.2, -0.15) is 0 Å². The maximum Gasteiger partial charge on any atom is 0.227 e. The van der Waals surface area contributed by atoms with Crippen molar-refractivity contribution >= 4 is 21.6 Å². The summed E-state index contributed by atoms with van der Waals surface area (Å²) in [5.74, 6) is -0.197. The molecule has 2 rings (SSSR count). The fourth-order valence-corrected chi connectivity index (χ4v) is 3.20. The molecule has 0 unspecified atom stereocenters. The summed E-state index contributed by atoms with van der Waals surface area (Å²) < 4.78 is 22.0. The van der Waals surface area contributed by atoms with Crippen LogP contribution in [0.5, 0.6) is 0 Å². The van der Waals surface area contributed by atoms with Gasteiger partial charge in [0, 0.05) is 17.6 Å². The molecule has 7 heteroatoms. The van der Waals surface area contributed by atoms with Crippen molar-refractivity contribution in [1.82, 2.24) is 0 Å². The van der Waals surface area contributed by atoms with Gasteiger partial charge in [0.25, 0.3) is 0 Å². The predicted molar refractivity (Wildman–Crippen MR) is 81.8 cm³/mol. The van der Waals surface area contributed by atoms with Crippen LogP contribution in [-0.2, 0) is 20.6 Å². The first-order chi connectivity index (χ1) is 9.83. The van der Waals surface area contributed by atoms with Gasteiger partial charge >= 0.3 is 0 Å². The smallest absolute Gasteiger partial charge is 0.227 e. The second-order valence-corrected chi connectivity index (χ2v) is 7.22. The van der Waals surface area contributed by atoms with Crippen LogP contribution in [0.25, 0.3) is 0 Å². The molecule has 0 spiro atoms. The molecule has 0 aromatic heterocycles. The normalized spacial score (nSPS) is 22.8. The minimum absolute atomic E-state index is 0.00102. The molecule has 1 aliphatic carbocycles. The molecule has 1 aromatic rings. The van der Waals surface area contributed by atoms with Crippen molar-refractivity contribution in [2.24, 2.45) is 16.8 Å². The van der Waals surface area contributed by atoms with Crippen molar-refractivity contribution < 1.29 is 13.2 Å². The van der Waals surface area contributed by atoms with Gasteiger partial charge in [-0.3, -0.25) is 4.79 Å². The van der Waals surface area contributed by atoms with Crippen LogP contribution in [0.2, 0.25) is 0 Å². The lowest BCUT2D eigenvalue weighted by molar-refractivity contribution is -0.120. The number of nitrogens with one attached hydrogen (secondary N) is 1. The van der Waals surface area contributed by atoms with Gasteiger partial charge in [0.1, 0.15) is 0 Å². The summed E-state index contributed by atoms with van der Waals surface area (Å²) in [6.45, 7) is 0. The van der Waals surface area contributed by atoms with E-state index in [4.69, 9.17) is 10.9 Å². The first-order valence-electron chi connectivity index (χ1n) is 6.99. The molecule has 0 radical (unpaired) electrons. The molecule has 1 aromatic carbocycles. The SMILES string of the molecule is NC1CCC(C(=O)Nc2ccc(CS(N)(=O)=O)cc2)CC1. The van der Waals surface area contributed by atoms with Crippen molar-refractivity contribution in [1.29, 1.82) is 0 Å². The molecule has 0 aliphatic heterocycles. The average Bonchev–Trinajstić information content (AvgIpc) is 2.40. The minimum atomic E-state index is -3.53. The molecule has 1 fully saturated rings. The van der Waals surface area contributed by atoms with E-state index in [1.807, 2.05) is 0 Å². The molecule has 0 atom stereocenters. The summed E-state index contributed by atoms with van der Waals surface area (Å²) in [7, 11) is -3.53. The summed E-state index contributed by atoms with van der Waals surface area (Å²) in [5.41, 5.74) is 7.08. The fraction of sp³-hybridized carbons (Fsp3) is 0.500. The highest BCUT2D eigenvalue weighted by atomic mass is 32.2. The second-order valence-electron chi connectivity index (χ2n) is 5.61. The highest BCUT2D eigenvalue weighted by Crippen LogP contribution is 2.24. The topological polar surface area (TPSA) is 115 Å². The Morgan fingerprint density at radius 3 is 2.24 bits per heavy atom. The molecular weight excluding hydrogens is 290 g/mol. The van der Waals surface area contributed by atoms with Crippen LogP contribution in [0.1, 0.15) is 31.2 Å². The number of carbonyl (C=O) groups excluding carboxylic acids is 1. The lowest BCUT2D eigenvalue weighted by atomic mass is 9.86. The number of carbonyl (C=O) groups is 1. The monoisotopic (exact) mass is 311 g/mol. The van der Waals surface area contributed by atoms with Crippen molar-refractivity contribution in [2.75, 3.05) is 5.32 Å². The highest BCUT2D eigenvalue weighted by molar-refractivity contribution is 7.88. The van der Waals surface area contributed by atoms with Crippen molar-refractivity contribution in [2.45, 2.75) is 37.5 Å². The Morgan fingerprint density at radius 1 is 1.14 bits per heavy atom. The maximum absolute atomic E-state index is 12.1. The van der Waals surface area contributed by atoms with Crippen LogP contribution >= 0.6 is 0 Å². The summed E-state index contributed by atoms with van der Waals surface area (Å²) in [5, 5.41) is 7.84. The van der Waals surface area contributed by atoms with Gasteiger partial charge in [0.05, 0.1) is 5.75 Å². The Morgan fingerprint density at radius 2 is 1.71 bits per heavy atom. The van der Waals surface area contributed by atoms with E-state index < -0.39 is 10.0 Å². The zero-order valence-corrected chi connectivity index (χ0v) is 12.6. The summed E-state index contributed by atoms with van der Waals surface area (Å²) in [6.07, 6.45) is 3.39. The molecule has 1 saturated carbocycles. The minimum Gasteiger partial charge on any atom is -0.328 e. The molecule has 116 valence electrons. The van der Waals surface area contributed by atoms with E-state index in [1.165, 1.54) is 0 Å². The van der Waals surface area contributed by atoms with E-state index in [0.29, 0.717) is 11.3 Å². The van der Waals surface area contributed by atoms with Gasteiger partial charge < -0.3 is 11.1 Å². The number of rotatable bonds is 4. The molecule has 0 heterocycles. The molecule has 0 saturated heterocycles. The van der Waals surface area contributed by atoms with E-state index in [0.717, 1.165) is 25.7 Å². The summed E-state index contributed by atoms with van der Waals surface area (Å²) in [4.78, 5) is 12.1. The highest BCUT2D eigenvalue weighted by Gasteiger charge is 2.24. The van der Waals surface area contributed by atoms with Crippen molar-refractivity contribution in [3.63, 3.8) is 0 Å². The third kappa shape index (κ3) is 5.11. The number of hydrogen-bond acceptors (Lipinski definition) is 4. The van der Waals surface area contributed by atoms with Crippen LogP contribution in [-0.4, -0.2) is 20.4 Å². The fourth-order valence-electron chi connectivity index (χ4n) is 2.54. The Hall–Kier alpha value is -1.44. The number of benzene rings is 1. The second kappa shape index (κ2) is 6.55. The van der Waals surface area contributed by atoms with Gasteiger partial charge in [0.15, 0.2) is 0 Å². The Bertz CT molecular complexity index is 590. The third-order valence-electron chi connectivity index (χ3n) is 3.73. The van der Waals surface area contributed by atoms with Crippen LogP contribution in [0.3, 0.4) is 0 Å². The largest absolute Gasteiger partial charge is 0.328 e. The summed E-state index contributed by atoms with van der Waals surface area (Å²) >= 11 is 0. The van der Waals surface area contributed by atoms with E-state index in [1.54, 1.807) is 24.3 Å². The molecule has 21 heavy (non-hydrogen) atoms. The standard InChI is InChI=1S/C14H21N3O3S/c15-12-5-3-11(4-6-12)14(18)17-13-7-1-10(2-8-13)9-21(16,19)20/h1-2,7-8,11-12H,3-6,9,15H2,(H,17,18)(H2,16,19,20). The molecular formula is C14H21N3O3S. The van der Waals surface area contributed by atoms with Gasteiger partial charge in [-0.1, -0.05) is 12.1 Å².